The third-order valence-corrected chi connectivity index (χ3v) is 2.60. The fourth-order valence-electron chi connectivity index (χ4n) is 1.38. The summed E-state index contributed by atoms with van der Waals surface area (Å²) < 4.78 is 0. The van der Waals surface area contributed by atoms with E-state index in [0.29, 0.717) is 16.1 Å². The Morgan fingerprint density at radius 1 is 1.36 bits per heavy atom. The summed E-state index contributed by atoms with van der Waals surface area (Å²) in [6.45, 7) is 4.32. The van der Waals surface area contributed by atoms with E-state index in [9.17, 15) is 0 Å². The predicted molar refractivity (Wildman–Crippen MR) is 64.5 cm³/mol. The Hall–Kier alpha value is -0.400. The maximum Gasteiger partial charge on any atom is 0.0652 e. The van der Waals surface area contributed by atoms with E-state index in [1.807, 2.05) is 12.1 Å². The van der Waals surface area contributed by atoms with Crippen molar-refractivity contribution >= 4 is 28.9 Å². The lowest BCUT2D eigenvalue weighted by Gasteiger charge is -2.15. The van der Waals surface area contributed by atoms with Gasteiger partial charge in [-0.2, -0.15) is 0 Å². The summed E-state index contributed by atoms with van der Waals surface area (Å²) in [5, 5.41) is 4.70. The second-order valence-corrected chi connectivity index (χ2v) is 4.30. The molecule has 1 N–H and O–H groups in total. The molecule has 0 radical (unpaired) electrons. The molecule has 0 aliphatic carbocycles. The van der Waals surface area contributed by atoms with E-state index in [1.54, 1.807) is 6.07 Å². The van der Waals surface area contributed by atoms with Crippen LogP contribution >= 0.6 is 23.2 Å². The lowest BCUT2D eigenvalue weighted by atomic mass is 10.2. The highest BCUT2D eigenvalue weighted by Gasteiger charge is 2.04. The molecule has 1 nitrogen and oxygen atoms in total. The van der Waals surface area contributed by atoms with Crippen LogP contribution < -0.4 is 5.32 Å². The quantitative estimate of drug-likeness (QED) is 0.800. The van der Waals surface area contributed by atoms with Crippen molar-refractivity contribution in [3.8, 4) is 0 Å². The van der Waals surface area contributed by atoms with Crippen LogP contribution in [0.15, 0.2) is 18.2 Å². The average Bonchev–Trinajstić information content (AvgIpc) is 2.10. The lowest BCUT2D eigenvalue weighted by molar-refractivity contribution is 0.690. The van der Waals surface area contributed by atoms with Crippen LogP contribution in [0.2, 0.25) is 10.0 Å². The molecular formula is C11H15Cl2N. The summed E-state index contributed by atoms with van der Waals surface area (Å²) in [6, 6.07) is 5.95. The Balaban J connectivity index is 2.67. The Labute approximate surface area is 95.4 Å². The molecule has 0 saturated heterocycles. The van der Waals surface area contributed by atoms with Gasteiger partial charge in [0.1, 0.15) is 0 Å². The molecule has 0 saturated carbocycles. The minimum atomic E-state index is 0.443. The van der Waals surface area contributed by atoms with Gasteiger partial charge in [-0.05, 0) is 31.5 Å². The first-order valence-corrected chi connectivity index (χ1v) is 5.60. The normalized spacial score (nSPS) is 12.6. The molecule has 14 heavy (non-hydrogen) atoms. The molecule has 0 fully saturated rings. The van der Waals surface area contributed by atoms with E-state index in [1.165, 1.54) is 6.42 Å². The summed E-state index contributed by atoms with van der Waals surface area (Å²) in [6.07, 6.45) is 2.30. The van der Waals surface area contributed by atoms with Crippen LogP contribution in [0.3, 0.4) is 0 Å². The number of benzene rings is 1. The van der Waals surface area contributed by atoms with E-state index >= 15 is 0 Å². The number of nitrogens with one attached hydrogen (secondary N) is 1. The van der Waals surface area contributed by atoms with Gasteiger partial charge in [0.2, 0.25) is 0 Å². The van der Waals surface area contributed by atoms with Crippen LogP contribution in [-0.2, 0) is 0 Å². The zero-order chi connectivity index (χ0) is 10.6. The lowest BCUT2D eigenvalue weighted by Crippen LogP contribution is -2.14. The van der Waals surface area contributed by atoms with E-state index < -0.39 is 0 Å². The zero-order valence-electron chi connectivity index (χ0n) is 8.48. The highest BCUT2D eigenvalue weighted by Crippen LogP contribution is 2.26. The first kappa shape index (κ1) is 11.7. The van der Waals surface area contributed by atoms with Crippen molar-refractivity contribution in [2.45, 2.75) is 32.7 Å². The molecule has 1 aromatic carbocycles. The molecular weight excluding hydrogens is 217 g/mol. The van der Waals surface area contributed by atoms with Crippen molar-refractivity contribution in [3.05, 3.63) is 28.2 Å². The highest BCUT2D eigenvalue weighted by molar-refractivity contribution is 6.36. The number of hydrogen-bond acceptors (Lipinski definition) is 1. The molecule has 78 valence electrons. The molecule has 1 atom stereocenters. The minimum Gasteiger partial charge on any atom is -0.381 e. The molecule has 0 aromatic heterocycles. The van der Waals surface area contributed by atoms with Crippen molar-refractivity contribution in [3.63, 3.8) is 0 Å². The molecule has 0 aliphatic heterocycles. The van der Waals surface area contributed by atoms with E-state index in [2.05, 4.69) is 19.2 Å². The standard InChI is InChI=1S/C11H15Cl2N/c1-3-4-8(2)14-11-6-5-9(12)7-10(11)13/h5-8,14H,3-4H2,1-2H3. The van der Waals surface area contributed by atoms with E-state index in [4.69, 9.17) is 23.2 Å². The molecule has 0 spiro atoms. The fraction of sp³-hybridized carbons (Fsp3) is 0.455. The van der Waals surface area contributed by atoms with Crippen LogP contribution in [0.5, 0.6) is 0 Å². The third-order valence-electron chi connectivity index (χ3n) is 2.05. The Kier molecular flexibility index (Phi) is 4.56. The zero-order valence-corrected chi connectivity index (χ0v) is 9.99. The van der Waals surface area contributed by atoms with Crippen LogP contribution in [-0.4, -0.2) is 6.04 Å². The summed E-state index contributed by atoms with van der Waals surface area (Å²) in [5.74, 6) is 0. The van der Waals surface area contributed by atoms with Crippen molar-refractivity contribution in [1.29, 1.82) is 0 Å². The third kappa shape index (κ3) is 3.39. The first-order valence-electron chi connectivity index (χ1n) is 4.85. The van der Waals surface area contributed by atoms with Crippen molar-refractivity contribution in [2.75, 3.05) is 5.32 Å². The van der Waals surface area contributed by atoms with Gasteiger partial charge < -0.3 is 5.32 Å². The van der Waals surface area contributed by atoms with Crippen molar-refractivity contribution in [2.24, 2.45) is 0 Å². The number of halogens is 2. The average molecular weight is 232 g/mol. The van der Waals surface area contributed by atoms with E-state index in [-0.39, 0.29) is 0 Å². The van der Waals surface area contributed by atoms with Gasteiger partial charge in [-0.3, -0.25) is 0 Å². The summed E-state index contributed by atoms with van der Waals surface area (Å²) >= 11 is 11.8. The smallest absolute Gasteiger partial charge is 0.0652 e. The molecule has 0 bridgehead atoms. The minimum absolute atomic E-state index is 0.443. The van der Waals surface area contributed by atoms with Crippen LogP contribution in [0, 0.1) is 0 Å². The molecule has 1 rings (SSSR count). The number of rotatable bonds is 4. The monoisotopic (exact) mass is 231 g/mol. The van der Waals surface area contributed by atoms with Gasteiger partial charge in [0.15, 0.2) is 0 Å². The largest absolute Gasteiger partial charge is 0.381 e. The summed E-state index contributed by atoms with van der Waals surface area (Å²) in [7, 11) is 0. The van der Waals surface area contributed by atoms with Crippen LogP contribution in [0.25, 0.3) is 0 Å². The maximum atomic E-state index is 6.03. The first-order chi connectivity index (χ1) is 6.63. The maximum absolute atomic E-state index is 6.03. The highest BCUT2D eigenvalue weighted by atomic mass is 35.5. The van der Waals surface area contributed by atoms with Gasteiger partial charge in [-0.1, -0.05) is 36.5 Å². The Morgan fingerprint density at radius 3 is 2.64 bits per heavy atom. The Morgan fingerprint density at radius 2 is 2.07 bits per heavy atom. The second kappa shape index (κ2) is 5.47. The molecule has 1 unspecified atom stereocenters. The van der Waals surface area contributed by atoms with Gasteiger partial charge in [0.25, 0.3) is 0 Å². The van der Waals surface area contributed by atoms with Gasteiger partial charge >= 0.3 is 0 Å². The molecule has 3 heteroatoms. The summed E-state index contributed by atoms with van der Waals surface area (Å²) in [4.78, 5) is 0. The van der Waals surface area contributed by atoms with E-state index in [0.717, 1.165) is 12.1 Å². The van der Waals surface area contributed by atoms with Crippen LogP contribution in [0.4, 0.5) is 5.69 Å². The van der Waals surface area contributed by atoms with Gasteiger partial charge in [-0.15, -0.1) is 0 Å². The number of hydrogen-bond donors (Lipinski definition) is 1. The fourth-order valence-corrected chi connectivity index (χ4v) is 1.84. The van der Waals surface area contributed by atoms with Crippen LogP contribution in [0.1, 0.15) is 26.7 Å². The van der Waals surface area contributed by atoms with Gasteiger partial charge in [0, 0.05) is 11.1 Å². The van der Waals surface area contributed by atoms with Gasteiger partial charge in [0.05, 0.1) is 10.7 Å². The Bertz CT molecular complexity index is 299. The predicted octanol–water partition coefficient (Wildman–Crippen LogP) is 4.59. The van der Waals surface area contributed by atoms with Crippen molar-refractivity contribution in [1.82, 2.24) is 0 Å². The molecule has 0 heterocycles. The second-order valence-electron chi connectivity index (χ2n) is 3.46. The molecule has 0 aliphatic rings. The van der Waals surface area contributed by atoms with Gasteiger partial charge in [-0.25, -0.2) is 0 Å². The molecule has 0 amide bonds. The number of anilines is 1. The topological polar surface area (TPSA) is 12.0 Å². The SMILES string of the molecule is CCCC(C)Nc1ccc(Cl)cc1Cl. The molecule has 1 aromatic rings. The summed E-state index contributed by atoms with van der Waals surface area (Å²) in [5.41, 5.74) is 0.956. The van der Waals surface area contributed by atoms with Crippen molar-refractivity contribution < 1.29 is 0 Å².